The number of aromatic nitrogens is 2. The molecule has 1 fully saturated rings. The van der Waals surface area contributed by atoms with Crippen LogP contribution in [-0.4, -0.2) is 46.8 Å². The molecule has 1 saturated heterocycles. The van der Waals surface area contributed by atoms with E-state index in [4.69, 9.17) is 0 Å². The van der Waals surface area contributed by atoms with Crippen LogP contribution in [0.3, 0.4) is 0 Å². The number of nitrogens with zero attached hydrogens (tertiary/aromatic N) is 3. The lowest BCUT2D eigenvalue weighted by Crippen LogP contribution is -2.39. The Kier molecular flexibility index (Phi) is 7.41. The lowest BCUT2D eigenvalue weighted by atomic mass is 9.92. The van der Waals surface area contributed by atoms with Crippen molar-refractivity contribution in [3.8, 4) is 5.69 Å². The average molecular weight is 437 g/mol. The number of unbranched alkanes of at least 4 members (excludes halogenated alkanes) is 1. The second-order valence-electron chi connectivity index (χ2n) is 8.82. The van der Waals surface area contributed by atoms with Gasteiger partial charge in [-0.15, -0.1) is 0 Å². The van der Waals surface area contributed by atoms with Crippen LogP contribution in [0.15, 0.2) is 30.5 Å². The topological polar surface area (TPSA) is 50.2 Å². The van der Waals surface area contributed by atoms with Crippen LogP contribution in [-0.2, 0) is 6.18 Å². The number of carbonyl (C=O) groups excluding carboxylic acids is 1. The maximum absolute atomic E-state index is 13.7. The number of piperidine rings is 1. The minimum absolute atomic E-state index is 0.266. The van der Waals surface area contributed by atoms with Crippen LogP contribution in [0.2, 0.25) is 0 Å². The number of halogens is 3. The van der Waals surface area contributed by atoms with Gasteiger partial charge in [0.1, 0.15) is 0 Å². The molecule has 3 rings (SSSR count). The number of amides is 1. The number of nitrogens with one attached hydrogen (secondary N) is 1. The van der Waals surface area contributed by atoms with Gasteiger partial charge in [0.15, 0.2) is 5.69 Å². The van der Waals surface area contributed by atoms with Crippen LogP contribution in [0.25, 0.3) is 5.69 Å². The summed E-state index contributed by atoms with van der Waals surface area (Å²) in [6.07, 6.45) is -0.832. The van der Waals surface area contributed by atoms with Gasteiger partial charge in [-0.2, -0.15) is 18.3 Å². The quantitative estimate of drug-likeness (QED) is 0.641. The van der Waals surface area contributed by atoms with E-state index in [2.05, 4.69) is 29.2 Å². The summed E-state index contributed by atoms with van der Waals surface area (Å²) in [5.41, 5.74) is -0.310. The molecule has 0 bridgehead atoms. The first kappa shape index (κ1) is 23.3. The molecule has 1 aliphatic rings. The normalized spacial score (nSPS) is 20.1. The van der Waals surface area contributed by atoms with E-state index >= 15 is 0 Å². The zero-order valence-corrected chi connectivity index (χ0v) is 18.4. The number of rotatable bonds is 7. The van der Waals surface area contributed by atoms with Gasteiger partial charge in [-0.05, 0) is 56.7 Å². The molecule has 1 aromatic carbocycles. The second kappa shape index (κ2) is 9.85. The standard InChI is InChI=1S/C23H31F3N4O/c1-16-6-8-19(9-7-16)30-21(23(24,25)26)20(13-28-30)22(31)27-10-4-5-11-29-14-17(2)12-18(3)15-29/h6-9,13,17-18H,4-5,10-12,14-15H2,1-3H3,(H,27,31)/t17-,18-/m1/s1. The van der Waals surface area contributed by atoms with E-state index in [1.807, 2.05) is 6.92 Å². The maximum Gasteiger partial charge on any atom is 0.434 e. The van der Waals surface area contributed by atoms with Crippen molar-refractivity contribution in [3.05, 3.63) is 47.3 Å². The predicted molar refractivity (Wildman–Crippen MR) is 114 cm³/mol. The molecule has 0 aliphatic carbocycles. The first-order chi connectivity index (χ1) is 14.6. The number of carbonyl (C=O) groups is 1. The third kappa shape index (κ3) is 6.09. The van der Waals surface area contributed by atoms with Gasteiger partial charge in [0.2, 0.25) is 0 Å². The molecule has 2 aromatic rings. The van der Waals surface area contributed by atoms with Gasteiger partial charge in [-0.25, -0.2) is 4.68 Å². The van der Waals surface area contributed by atoms with E-state index in [1.165, 1.54) is 6.42 Å². The van der Waals surface area contributed by atoms with Gasteiger partial charge >= 0.3 is 6.18 Å². The van der Waals surface area contributed by atoms with Crippen molar-refractivity contribution in [2.24, 2.45) is 11.8 Å². The first-order valence-corrected chi connectivity index (χ1v) is 10.9. The molecule has 1 amide bonds. The minimum atomic E-state index is -4.70. The Morgan fingerprint density at radius 3 is 2.39 bits per heavy atom. The average Bonchev–Trinajstić information content (AvgIpc) is 3.13. The van der Waals surface area contributed by atoms with Gasteiger partial charge in [0.05, 0.1) is 17.4 Å². The monoisotopic (exact) mass is 436 g/mol. The minimum Gasteiger partial charge on any atom is -0.352 e. The largest absolute Gasteiger partial charge is 0.434 e. The third-order valence-corrected chi connectivity index (χ3v) is 5.69. The number of benzene rings is 1. The van der Waals surface area contributed by atoms with Crippen LogP contribution in [0, 0.1) is 18.8 Å². The van der Waals surface area contributed by atoms with Gasteiger partial charge < -0.3 is 10.2 Å². The fourth-order valence-corrected chi connectivity index (χ4v) is 4.40. The van der Waals surface area contributed by atoms with Gasteiger partial charge in [0, 0.05) is 19.6 Å². The molecule has 31 heavy (non-hydrogen) atoms. The lowest BCUT2D eigenvalue weighted by molar-refractivity contribution is -0.143. The Morgan fingerprint density at radius 2 is 1.77 bits per heavy atom. The van der Waals surface area contributed by atoms with Crippen LogP contribution in [0.1, 0.15) is 54.7 Å². The Hall–Kier alpha value is -2.35. The Bertz CT molecular complexity index is 866. The van der Waals surface area contributed by atoms with Crippen molar-refractivity contribution in [2.75, 3.05) is 26.2 Å². The Balaban J connectivity index is 1.58. The molecular formula is C23H31F3N4O. The van der Waals surface area contributed by atoms with E-state index in [0.29, 0.717) is 18.4 Å². The summed E-state index contributed by atoms with van der Waals surface area (Å²) < 4.78 is 42.0. The van der Waals surface area contributed by atoms with Crippen molar-refractivity contribution in [2.45, 2.75) is 46.2 Å². The molecule has 1 aromatic heterocycles. The third-order valence-electron chi connectivity index (χ3n) is 5.69. The SMILES string of the molecule is Cc1ccc(-n2ncc(C(=O)NCCCCN3C[C@H](C)C[C@@H](C)C3)c2C(F)(F)F)cc1. The van der Waals surface area contributed by atoms with E-state index < -0.39 is 23.3 Å². The highest BCUT2D eigenvalue weighted by molar-refractivity contribution is 5.95. The van der Waals surface area contributed by atoms with Gasteiger partial charge in [-0.3, -0.25) is 4.79 Å². The molecule has 170 valence electrons. The summed E-state index contributed by atoms with van der Waals surface area (Å²) in [5, 5.41) is 6.48. The number of hydrogen-bond acceptors (Lipinski definition) is 3. The molecule has 2 heterocycles. The summed E-state index contributed by atoms with van der Waals surface area (Å²) in [7, 11) is 0. The highest BCUT2D eigenvalue weighted by Gasteiger charge is 2.40. The van der Waals surface area contributed by atoms with Crippen molar-refractivity contribution >= 4 is 5.91 Å². The van der Waals surface area contributed by atoms with E-state index in [1.54, 1.807) is 24.3 Å². The summed E-state index contributed by atoms with van der Waals surface area (Å²) in [6, 6.07) is 6.53. The van der Waals surface area contributed by atoms with Crippen LogP contribution in [0.5, 0.6) is 0 Å². The molecule has 5 nitrogen and oxygen atoms in total. The van der Waals surface area contributed by atoms with Gasteiger partial charge in [0.25, 0.3) is 5.91 Å². The second-order valence-corrected chi connectivity index (χ2v) is 8.82. The Labute approximate surface area is 181 Å². The van der Waals surface area contributed by atoms with Crippen molar-refractivity contribution in [3.63, 3.8) is 0 Å². The maximum atomic E-state index is 13.7. The highest BCUT2D eigenvalue weighted by Crippen LogP contribution is 2.33. The summed E-state index contributed by atoms with van der Waals surface area (Å²) in [4.78, 5) is 14.9. The predicted octanol–water partition coefficient (Wildman–Crippen LogP) is 4.69. The van der Waals surface area contributed by atoms with E-state index in [-0.39, 0.29) is 5.69 Å². The molecule has 0 saturated carbocycles. The van der Waals surface area contributed by atoms with E-state index in [0.717, 1.165) is 48.9 Å². The van der Waals surface area contributed by atoms with Crippen LogP contribution in [0.4, 0.5) is 13.2 Å². The zero-order valence-electron chi connectivity index (χ0n) is 18.4. The summed E-state index contributed by atoms with van der Waals surface area (Å²) >= 11 is 0. The Morgan fingerprint density at radius 1 is 1.13 bits per heavy atom. The molecule has 1 aliphatic heterocycles. The van der Waals surface area contributed by atoms with Crippen LogP contribution < -0.4 is 5.32 Å². The number of alkyl halides is 3. The number of hydrogen-bond donors (Lipinski definition) is 1. The van der Waals surface area contributed by atoms with Crippen LogP contribution >= 0.6 is 0 Å². The highest BCUT2D eigenvalue weighted by atomic mass is 19.4. The summed E-state index contributed by atoms with van der Waals surface area (Å²) in [6.45, 7) is 9.83. The molecule has 2 atom stereocenters. The molecule has 0 spiro atoms. The fourth-order valence-electron chi connectivity index (χ4n) is 4.40. The summed E-state index contributed by atoms with van der Waals surface area (Å²) in [5.74, 6) is 0.634. The lowest BCUT2D eigenvalue weighted by Gasteiger charge is -2.34. The van der Waals surface area contributed by atoms with Crippen molar-refractivity contribution < 1.29 is 18.0 Å². The van der Waals surface area contributed by atoms with Crippen molar-refractivity contribution in [1.29, 1.82) is 0 Å². The molecule has 0 radical (unpaired) electrons. The zero-order chi connectivity index (χ0) is 22.6. The van der Waals surface area contributed by atoms with Crippen molar-refractivity contribution in [1.82, 2.24) is 20.0 Å². The molecule has 8 heteroatoms. The molecular weight excluding hydrogens is 405 g/mol. The smallest absolute Gasteiger partial charge is 0.352 e. The fraction of sp³-hybridized carbons (Fsp3) is 0.565. The first-order valence-electron chi connectivity index (χ1n) is 10.9. The van der Waals surface area contributed by atoms with E-state index in [9.17, 15) is 18.0 Å². The molecule has 1 N–H and O–H groups in total. The number of aryl methyl sites for hydroxylation is 1. The number of likely N-dealkylation sites (tertiary alicyclic amines) is 1. The molecule has 0 unspecified atom stereocenters. The van der Waals surface area contributed by atoms with Gasteiger partial charge in [-0.1, -0.05) is 31.5 Å².